The number of halogens is 1. The molecule has 0 saturated heterocycles. The van der Waals surface area contributed by atoms with Gasteiger partial charge in [0, 0.05) is 11.3 Å². The summed E-state index contributed by atoms with van der Waals surface area (Å²) in [5.74, 6) is 0.640. The van der Waals surface area contributed by atoms with Crippen molar-refractivity contribution in [2.45, 2.75) is 19.3 Å². The Balaban J connectivity index is 2.71. The minimum absolute atomic E-state index is 0.0302. The van der Waals surface area contributed by atoms with E-state index in [2.05, 4.69) is 56.3 Å². The van der Waals surface area contributed by atoms with Gasteiger partial charge in [-0.05, 0) is 16.3 Å². The Morgan fingerprint density at radius 3 is 2.40 bits per heavy atom. The first-order valence-corrected chi connectivity index (χ1v) is 5.73. The van der Waals surface area contributed by atoms with E-state index in [0.717, 1.165) is 0 Å². The van der Waals surface area contributed by atoms with Crippen LogP contribution in [0.3, 0.4) is 0 Å². The summed E-state index contributed by atoms with van der Waals surface area (Å²) in [4.78, 5) is 0. The van der Waals surface area contributed by atoms with Gasteiger partial charge in [0.15, 0.2) is 0 Å². The molecule has 0 bridgehead atoms. The lowest BCUT2D eigenvalue weighted by atomic mass is 9.83. The van der Waals surface area contributed by atoms with Crippen molar-refractivity contribution < 1.29 is 0 Å². The zero-order valence-corrected chi connectivity index (χ0v) is 9.88. The molecule has 0 aromatic heterocycles. The quantitative estimate of drug-likeness (QED) is 0.658. The molecule has 2 aromatic rings. The highest BCUT2D eigenvalue weighted by atomic mass is 35.5. The first-order valence-electron chi connectivity index (χ1n) is 5.19. The topological polar surface area (TPSA) is 0 Å². The van der Waals surface area contributed by atoms with Gasteiger partial charge in [0.25, 0.3) is 0 Å². The van der Waals surface area contributed by atoms with E-state index in [4.69, 9.17) is 11.6 Å². The highest BCUT2D eigenvalue weighted by molar-refractivity contribution is 6.18. The molecule has 1 heteroatoms. The Hall–Kier alpha value is -1.01. The van der Waals surface area contributed by atoms with Gasteiger partial charge in [0.1, 0.15) is 0 Å². The van der Waals surface area contributed by atoms with E-state index < -0.39 is 0 Å². The van der Waals surface area contributed by atoms with E-state index in [0.29, 0.717) is 5.88 Å². The highest BCUT2D eigenvalue weighted by Crippen LogP contribution is 2.30. The lowest BCUT2D eigenvalue weighted by Crippen LogP contribution is -2.19. The molecule has 0 spiro atoms. The van der Waals surface area contributed by atoms with Crippen LogP contribution in [0.1, 0.15) is 19.4 Å². The fourth-order valence-electron chi connectivity index (χ4n) is 1.89. The summed E-state index contributed by atoms with van der Waals surface area (Å²) in [6.45, 7) is 4.36. The molecule has 2 aromatic carbocycles. The third-order valence-electron chi connectivity index (χ3n) is 2.85. The number of fused-ring (bicyclic) bond motifs is 1. The number of alkyl halides is 1. The van der Waals surface area contributed by atoms with Gasteiger partial charge in [-0.1, -0.05) is 56.3 Å². The zero-order chi connectivity index (χ0) is 10.9. The van der Waals surface area contributed by atoms with Gasteiger partial charge in [-0.25, -0.2) is 0 Å². The smallest absolute Gasteiger partial charge is 0.0315 e. The van der Waals surface area contributed by atoms with E-state index in [-0.39, 0.29) is 5.41 Å². The fourth-order valence-corrected chi connectivity index (χ4v) is 2.03. The van der Waals surface area contributed by atoms with Crippen molar-refractivity contribution in [1.82, 2.24) is 0 Å². The molecule has 0 saturated carbocycles. The minimum atomic E-state index is 0.0302. The number of hydrogen-bond donors (Lipinski definition) is 0. The van der Waals surface area contributed by atoms with E-state index >= 15 is 0 Å². The summed E-state index contributed by atoms with van der Waals surface area (Å²) in [6, 6.07) is 14.9. The molecule has 78 valence electrons. The summed E-state index contributed by atoms with van der Waals surface area (Å²) >= 11 is 6.03. The Kier molecular flexibility index (Phi) is 2.70. The van der Waals surface area contributed by atoms with E-state index in [1.165, 1.54) is 16.3 Å². The molecule has 0 aliphatic carbocycles. The van der Waals surface area contributed by atoms with Crippen molar-refractivity contribution in [3.63, 3.8) is 0 Å². The monoisotopic (exact) mass is 218 g/mol. The van der Waals surface area contributed by atoms with E-state index in [1.807, 2.05) is 0 Å². The first kappa shape index (κ1) is 10.5. The second-order valence-electron chi connectivity index (χ2n) is 4.54. The molecule has 0 atom stereocenters. The SMILES string of the molecule is CC(C)(CCl)c1cccc2ccccc12. The molecular weight excluding hydrogens is 204 g/mol. The van der Waals surface area contributed by atoms with Crippen LogP contribution >= 0.6 is 11.6 Å². The van der Waals surface area contributed by atoms with Gasteiger partial charge >= 0.3 is 0 Å². The van der Waals surface area contributed by atoms with Crippen LogP contribution in [-0.2, 0) is 5.41 Å². The summed E-state index contributed by atoms with van der Waals surface area (Å²) in [6.07, 6.45) is 0. The molecule has 0 N–H and O–H groups in total. The molecule has 0 heterocycles. The van der Waals surface area contributed by atoms with Crippen molar-refractivity contribution in [2.75, 3.05) is 5.88 Å². The molecule has 2 rings (SSSR count). The number of hydrogen-bond acceptors (Lipinski definition) is 0. The van der Waals surface area contributed by atoms with Crippen molar-refractivity contribution in [3.8, 4) is 0 Å². The molecule has 0 amide bonds. The average molecular weight is 219 g/mol. The summed E-state index contributed by atoms with van der Waals surface area (Å²) in [7, 11) is 0. The van der Waals surface area contributed by atoms with Crippen LogP contribution in [0.5, 0.6) is 0 Å². The average Bonchev–Trinajstić information content (AvgIpc) is 2.28. The zero-order valence-electron chi connectivity index (χ0n) is 9.13. The van der Waals surface area contributed by atoms with Gasteiger partial charge in [-0.15, -0.1) is 11.6 Å². The summed E-state index contributed by atoms with van der Waals surface area (Å²) in [5.41, 5.74) is 1.36. The number of benzene rings is 2. The van der Waals surface area contributed by atoms with Crippen LogP contribution in [0, 0.1) is 0 Å². The number of rotatable bonds is 2. The van der Waals surface area contributed by atoms with Gasteiger partial charge in [-0.3, -0.25) is 0 Å². The first-order chi connectivity index (χ1) is 7.15. The normalized spacial score (nSPS) is 11.9. The van der Waals surface area contributed by atoms with Gasteiger partial charge < -0.3 is 0 Å². The molecular formula is C14H15Cl. The fraction of sp³-hybridized carbons (Fsp3) is 0.286. The second kappa shape index (κ2) is 3.86. The van der Waals surface area contributed by atoms with Crippen LogP contribution in [0.2, 0.25) is 0 Å². The molecule has 0 aliphatic heterocycles. The Morgan fingerprint density at radius 1 is 1.00 bits per heavy atom. The lowest BCUT2D eigenvalue weighted by Gasteiger charge is -2.23. The van der Waals surface area contributed by atoms with E-state index in [9.17, 15) is 0 Å². The van der Waals surface area contributed by atoms with Gasteiger partial charge in [0.05, 0.1) is 0 Å². The third-order valence-corrected chi connectivity index (χ3v) is 3.52. The van der Waals surface area contributed by atoms with Crippen LogP contribution in [-0.4, -0.2) is 5.88 Å². The van der Waals surface area contributed by atoms with Crippen LogP contribution in [0.15, 0.2) is 42.5 Å². The predicted octanol–water partition coefficient (Wildman–Crippen LogP) is 4.36. The van der Waals surface area contributed by atoms with Crippen molar-refractivity contribution >= 4 is 22.4 Å². The third kappa shape index (κ3) is 1.87. The second-order valence-corrected chi connectivity index (χ2v) is 4.81. The molecule has 0 radical (unpaired) electrons. The summed E-state index contributed by atoms with van der Waals surface area (Å²) < 4.78 is 0. The molecule has 0 unspecified atom stereocenters. The molecule has 0 aliphatic rings. The highest BCUT2D eigenvalue weighted by Gasteiger charge is 2.20. The maximum Gasteiger partial charge on any atom is 0.0315 e. The van der Waals surface area contributed by atoms with Crippen molar-refractivity contribution in [2.24, 2.45) is 0 Å². The standard InChI is InChI=1S/C14H15Cl/c1-14(2,10-15)13-9-5-7-11-6-3-4-8-12(11)13/h3-9H,10H2,1-2H3. The van der Waals surface area contributed by atoms with Crippen LogP contribution in [0.25, 0.3) is 10.8 Å². The maximum atomic E-state index is 6.03. The minimum Gasteiger partial charge on any atom is -0.126 e. The Bertz CT molecular complexity index is 466. The van der Waals surface area contributed by atoms with Gasteiger partial charge in [-0.2, -0.15) is 0 Å². The van der Waals surface area contributed by atoms with Gasteiger partial charge in [0.2, 0.25) is 0 Å². The maximum absolute atomic E-state index is 6.03. The Labute approximate surface area is 95.9 Å². The predicted molar refractivity (Wildman–Crippen MR) is 67.7 cm³/mol. The molecule has 0 nitrogen and oxygen atoms in total. The van der Waals surface area contributed by atoms with Crippen molar-refractivity contribution in [3.05, 3.63) is 48.0 Å². The van der Waals surface area contributed by atoms with Crippen molar-refractivity contribution in [1.29, 1.82) is 0 Å². The van der Waals surface area contributed by atoms with Crippen LogP contribution in [0.4, 0.5) is 0 Å². The largest absolute Gasteiger partial charge is 0.126 e. The molecule has 15 heavy (non-hydrogen) atoms. The van der Waals surface area contributed by atoms with E-state index in [1.54, 1.807) is 0 Å². The Morgan fingerprint density at radius 2 is 1.67 bits per heavy atom. The molecule has 0 fully saturated rings. The summed E-state index contributed by atoms with van der Waals surface area (Å²) in [5, 5.41) is 2.60. The lowest BCUT2D eigenvalue weighted by molar-refractivity contribution is 0.604. The van der Waals surface area contributed by atoms with Crippen LogP contribution < -0.4 is 0 Å².